The normalized spacial score (nSPS) is 11.4. The van der Waals surface area contributed by atoms with Gasteiger partial charge in [-0.1, -0.05) is 42.4 Å². The Kier molecular flexibility index (Phi) is 5.68. The molecule has 158 valence electrons. The predicted octanol–water partition coefficient (Wildman–Crippen LogP) is 3.70. The number of hydrogen-bond donors (Lipinski definition) is 1. The number of carbonyl (C=O) groups is 1. The molecule has 1 amide bonds. The van der Waals surface area contributed by atoms with Crippen LogP contribution in [0.25, 0.3) is 22.2 Å². The van der Waals surface area contributed by atoms with E-state index in [0.717, 1.165) is 10.8 Å². The third-order valence-electron chi connectivity index (χ3n) is 4.60. The van der Waals surface area contributed by atoms with Crippen molar-refractivity contribution in [1.29, 1.82) is 0 Å². The molecular formula is C22H19N3O5S. The zero-order valence-electron chi connectivity index (χ0n) is 16.6. The van der Waals surface area contributed by atoms with E-state index < -0.39 is 15.7 Å². The molecule has 0 spiro atoms. The lowest BCUT2D eigenvalue weighted by molar-refractivity contribution is -0.118. The summed E-state index contributed by atoms with van der Waals surface area (Å²) in [6, 6.07) is 19.5. The maximum Gasteiger partial charge on any atom is 0.322 e. The summed E-state index contributed by atoms with van der Waals surface area (Å²) in [6.45, 7) is 1.36. The van der Waals surface area contributed by atoms with E-state index in [1.54, 1.807) is 25.1 Å². The Bertz CT molecular complexity index is 1330. The average Bonchev–Trinajstić information content (AvgIpc) is 3.26. The van der Waals surface area contributed by atoms with Gasteiger partial charge in [0.25, 0.3) is 5.91 Å². The maximum absolute atomic E-state index is 12.2. The minimum atomic E-state index is -3.29. The first-order valence-corrected chi connectivity index (χ1v) is 11.2. The van der Waals surface area contributed by atoms with Crippen molar-refractivity contribution in [2.24, 2.45) is 0 Å². The summed E-state index contributed by atoms with van der Waals surface area (Å²) >= 11 is 0. The van der Waals surface area contributed by atoms with Crippen molar-refractivity contribution in [3.63, 3.8) is 0 Å². The summed E-state index contributed by atoms with van der Waals surface area (Å²) in [6.07, 6.45) is 0. The second-order valence-electron chi connectivity index (χ2n) is 6.69. The van der Waals surface area contributed by atoms with Crippen LogP contribution < -0.4 is 10.1 Å². The minimum Gasteiger partial charge on any atom is -0.484 e. The van der Waals surface area contributed by atoms with Crippen LogP contribution in [-0.4, -0.2) is 36.9 Å². The molecule has 0 fully saturated rings. The number of nitrogens with one attached hydrogen (secondary N) is 1. The SMILES string of the molecule is CCS(=O)(=O)c1ccc(-c2nnc(NC(=O)COc3ccc4ccccc4c3)o2)cc1. The van der Waals surface area contributed by atoms with Crippen molar-refractivity contribution in [2.75, 3.05) is 17.7 Å². The molecule has 0 saturated heterocycles. The van der Waals surface area contributed by atoms with E-state index in [1.807, 2.05) is 36.4 Å². The van der Waals surface area contributed by atoms with Gasteiger partial charge in [0.2, 0.25) is 5.89 Å². The van der Waals surface area contributed by atoms with E-state index in [2.05, 4.69) is 15.5 Å². The monoisotopic (exact) mass is 437 g/mol. The third-order valence-corrected chi connectivity index (χ3v) is 6.35. The summed E-state index contributed by atoms with van der Waals surface area (Å²) in [7, 11) is -3.29. The van der Waals surface area contributed by atoms with Crippen molar-refractivity contribution in [3.05, 3.63) is 66.7 Å². The van der Waals surface area contributed by atoms with E-state index in [-0.39, 0.29) is 29.2 Å². The van der Waals surface area contributed by atoms with Gasteiger partial charge >= 0.3 is 6.01 Å². The number of ether oxygens (including phenoxy) is 1. The molecule has 4 aromatic rings. The lowest BCUT2D eigenvalue weighted by atomic mass is 10.1. The molecule has 4 rings (SSSR count). The highest BCUT2D eigenvalue weighted by molar-refractivity contribution is 7.91. The van der Waals surface area contributed by atoms with Gasteiger partial charge in [-0.3, -0.25) is 10.1 Å². The van der Waals surface area contributed by atoms with Crippen LogP contribution in [0.5, 0.6) is 5.75 Å². The summed E-state index contributed by atoms with van der Waals surface area (Å²) in [5.74, 6) is 0.297. The van der Waals surface area contributed by atoms with Crippen molar-refractivity contribution < 1.29 is 22.4 Å². The first-order chi connectivity index (χ1) is 14.9. The Labute approximate surface area is 178 Å². The Morgan fingerprint density at radius 2 is 1.74 bits per heavy atom. The fourth-order valence-corrected chi connectivity index (χ4v) is 3.81. The first-order valence-electron chi connectivity index (χ1n) is 9.53. The van der Waals surface area contributed by atoms with Crippen LogP contribution in [0.15, 0.2) is 76.0 Å². The molecule has 0 unspecified atom stereocenters. The number of anilines is 1. The summed E-state index contributed by atoms with van der Waals surface area (Å²) in [4.78, 5) is 12.4. The van der Waals surface area contributed by atoms with Gasteiger partial charge in [0.1, 0.15) is 5.75 Å². The maximum atomic E-state index is 12.2. The topological polar surface area (TPSA) is 111 Å². The second-order valence-corrected chi connectivity index (χ2v) is 8.96. The van der Waals surface area contributed by atoms with Crippen LogP contribution in [-0.2, 0) is 14.6 Å². The molecule has 0 bridgehead atoms. The van der Waals surface area contributed by atoms with E-state index in [9.17, 15) is 13.2 Å². The Morgan fingerprint density at radius 1 is 1.00 bits per heavy atom. The van der Waals surface area contributed by atoms with Crippen molar-refractivity contribution in [1.82, 2.24) is 10.2 Å². The number of aromatic nitrogens is 2. The zero-order chi connectivity index (χ0) is 21.8. The van der Waals surface area contributed by atoms with Gasteiger partial charge in [-0.2, -0.15) is 0 Å². The number of benzene rings is 3. The van der Waals surface area contributed by atoms with Crippen molar-refractivity contribution in [3.8, 4) is 17.2 Å². The largest absolute Gasteiger partial charge is 0.484 e. The van der Waals surface area contributed by atoms with Crippen LogP contribution in [0, 0.1) is 0 Å². The molecule has 31 heavy (non-hydrogen) atoms. The van der Waals surface area contributed by atoms with Gasteiger partial charge in [0.15, 0.2) is 16.4 Å². The van der Waals surface area contributed by atoms with Gasteiger partial charge in [-0.05, 0) is 47.2 Å². The molecule has 1 heterocycles. The van der Waals surface area contributed by atoms with Crippen molar-refractivity contribution in [2.45, 2.75) is 11.8 Å². The highest BCUT2D eigenvalue weighted by Crippen LogP contribution is 2.23. The van der Waals surface area contributed by atoms with Gasteiger partial charge in [-0.25, -0.2) is 8.42 Å². The van der Waals surface area contributed by atoms with E-state index in [0.29, 0.717) is 11.3 Å². The van der Waals surface area contributed by atoms with Crippen LogP contribution in [0.1, 0.15) is 6.92 Å². The first kappa shape index (κ1) is 20.5. The van der Waals surface area contributed by atoms with Crippen LogP contribution >= 0.6 is 0 Å². The number of carbonyl (C=O) groups excluding carboxylic acids is 1. The zero-order valence-corrected chi connectivity index (χ0v) is 17.4. The number of fused-ring (bicyclic) bond motifs is 1. The van der Waals surface area contributed by atoms with E-state index in [1.165, 1.54) is 12.1 Å². The summed E-state index contributed by atoms with van der Waals surface area (Å²) in [5.41, 5.74) is 0.537. The molecule has 0 atom stereocenters. The lowest BCUT2D eigenvalue weighted by Crippen LogP contribution is -2.20. The molecule has 0 radical (unpaired) electrons. The number of rotatable bonds is 7. The number of amides is 1. The Hall–Kier alpha value is -3.72. The molecule has 9 heteroatoms. The van der Waals surface area contributed by atoms with Crippen LogP contribution in [0.4, 0.5) is 6.01 Å². The molecule has 0 aliphatic carbocycles. The van der Waals surface area contributed by atoms with E-state index >= 15 is 0 Å². The van der Waals surface area contributed by atoms with E-state index in [4.69, 9.17) is 9.15 Å². The molecule has 1 aromatic heterocycles. The Balaban J connectivity index is 1.37. The molecule has 8 nitrogen and oxygen atoms in total. The summed E-state index contributed by atoms with van der Waals surface area (Å²) < 4.78 is 34.8. The van der Waals surface area contributed by atoms with Gasteiger partial charge in [0.05, 0.1) is 10.6 Å². The molecule has 0 aliphatic heterocycles. The van der Waals surface area contributed by atoms with Gasteiger partial charge < -0.3 is 9.15 Å². The summed E-state index contributed by atoms with van der Waals surface area (Å²) in [5, 5.41) is 12.3. The smallest absolute Gasteiger partial charge is 0.322 e. The van der Waals surface area contributed by atoms with Crippen LogP contribution in [0.2, 0.25) is 0 Å². The molecular weight excluding hydrogens is 418 g/mol. The number of hydrogen-bond acceptors (Lipinski definition) is 7. The number of sulfone groups is 1. The molecule has 0 saturated carbocycles. The molecule has 3 aromatic carbocycles. The second kappa shape index (κ2) is 8.57. The highest BCUT2D eigenvalue weighted by Gasteiger charge is 2.15. The fraction of sp³-hybridized carbons (Fsp3) is 0.136. The average molecular weight is 437 g/mol. The standard InChI is InChI=1S/C22H19N3O5S/c1-2-31(27,28)19-11-8-16(9-12-19)21-24-25-22(30-21)23-20(26)14-29-18-10-7-15-5-3-4-6-17(15)13-18/h3-13H,2,14H2,1H3,(H,23,25,26). The van der Waals surface area contributed by atoms with Gasteiger partial charge in [0, 0.05) is 5.56 Å². The molecule has 0 aliphatic rings. The predicted molar refractivity (Wildman–Crippen MR) is 116 cm³/mol. The minimum absolute atomic E-state index is 0.0182. The third kappa shape index (κ3) is 4.72. The van der Waals surface area contributed by atoms with Crippen LogP contribution in [0.3, 0.4) is 0 Å². The number of nitrogens with zero attached hydrogens (tertiary/aromatic N) is 2. The van der Waals surface area contributed by atoms with Crippen molar-refractivity contribution >= 4 is 32.5 Å². The molecule has 1 N–H and O–H groups in total. The fourth-order valence-electron chi connectivity index (χ4n) is 2.92. The lowest BCUT2D eigenvalue weighted by Gasteiger charge is -2.06. The van der Waals surface area contributed by atoms with Gasteiger partial charge in [-0.15, -0.1) is 5.10 Å². The quantitative estimate of drug-likeness (QED) is 0.469. The Morgan fingerprint density at radius 3 is 2.48 bits per heavy atom. The highest BCUT2D eigenvalue weighted by atomic mass is 32.2.